The Bertz CT molecular complexity index is 710. The molecule has 0 aliphatic heterocycles. The summed E-state index contributed by atoms with van der Waals surface area (Å²) in [6.45, 7) is 3.62. The molecule has 0 saturated carbocycles. The van der Waals surface area contributed by atoms with Crippen LogP contribution in [0.1, 0.15) is 41.3 Å². The Hall–Kier alpha value is -2.01. The van der Waals surface area contributed by atoms with Crippen molar-refractivity contribution in [3.05, 3.63) is 63.8 Å². The number of alkyl halides is 1. The number of aromatic nitrogens is 2. The normalized spacial score (nSPS) is 12.4. The summed E-state index contributed by atoms with van der Waals surface area (Å²) in [4.78, 5) is 23.9. The second kappa shape index (κ2) is 6.18. The van der Waals surface area contributed by atoms with Crippen molar-refractivity contribution in [2.24, 2.45) is 0 Å². The number of rotatable bonds is 4. The average Bonchev–Trinajstić information content (AvgIpc) is 2.46. The fraction of sp³-hybridized carbons (Fsp3) is 0.267. The van der Waals surface area contributed by atoms with Crippen LogP contribution < -0.4 is 5.56 Å². The summed E-state index contributed by atoms with van der Waals surface area (Å²) in [5, 5.41) is 3.09. The molecule has 0 N–H and O–H groups in total. The lowest BCUT2D eigenvalue weighted by Crippen LogP contribution is -2.26. The standard InChI is InChI=1S/C15H14ClFN2O2/c1-9(2)19-13(20)8-7-12(18-19)14(16)15(21)10-3-5-11(17)6-4-10/h3-9,14H,1-2H3. The molecule has 2 aromatic rings. The van der Waals surface area contributed by atoms with Crippen LogP contribution in [0.3, 0.4) is 0 Å². The number of Topliss-reactive ketones (excluding diaryl/α,β-unsaturated/α-hetero) is 1. The molecule has 1 unspecified atom stereocenters. The lowest BCUT2D eigenvalue weighted by molar-refractivity contribution is 0.0985. The van der Waals surface area contributed by atoms with Gasteiger partial charge in [-0.05, 0) is 44.2 Å². The van der Waals surface area contributed by atoms with Crippen LogP contribution in [0, 0.1) is 5.82 Å². The molecule has 110 valence electrons. The summed E-state index contributed by atoms with van der Waals surface area (Å²) in [7, 11) is 0. The lowest BCUT2D eigenvalue weighted by Gasteiger charge is -2.12. The number of hydrogen-bond donors (Lipinski definition) is 0. The quantitative estimate of drug-likeness (QED) is 0.644. The zero-order valence-corrected chi connectivity index (χ0v) is 12.3. The second-order valence-electron chi connectivity index (χ2n) is 4.87. The first-order valence-electron chi connectivity index (χ1n) is 6.43. The van der Waals surface area contributed by atoms with Crippen LogP contribution in [0.15, 0.2) is 41.2 Å². The molecule has 0 saturated heterocycles. The molecule has 4 nitrogen and oxygen atoms in total. The van der Waals surface area contributed by atoms with E-state index < -0.39 is 17.0 Å². The molecule has 0 aliphatic rings. The molecule has 0 amide bonds. The topological polar surface area (TPSA) is 52.0 Å². The van der Waals surface area contributed by atoms with E-state index in [2.05, 4.69) is 5.10 Å². The van der Waals surface area contributed by atoms with Crippen LogP contribution in [0.25, 0.3) is 0 Å². The van der Waals surface area contributed by atoms with E-state index in [0.29, 0.717) is 11.3 Å². The Labute approximate surface area is 126 Å². The van der Waals surface area contributed by atoms with E-state index in [-0.39, 0.29) is 11.6 Å². The monoisotopic (exact) mass is 308 g/mol. The largest absolute Gasteiger partial charge is 0.292 e. The lowest BCUT2D eigenvalue weighted by atomic mass is 10.1. The maximum absolute atomic E-state index is 12.9. The van der Waals surface area contributed by atoms with E-state index in [1.807, 2.05) is 13.8 Å². The van der Waals surface area contributed by atoms with Crippen LogP contribution in [0.5, 0.6) is 0 Å². The van der Waals surface area contributed by atoms with E-state index in [0.717, 1.165) is 0 Å². The predicted molar refractivity (Wildman–Crippen MR) is 78.2 cm³/mol. The molecule has 1 aromatic heterocycles. The highest BCUT2D eigenvalue weighted by Gasteiger charge is 2.22. The first-order valence-corrected chi connectivity index (χ1v) is 6.87. The molecule has 0 radical (unpaired) electrons. The molecule has 0 bridgehead atoms. The highest BCUT2D eigenvalue weighted by molar-refractivity contribution is 6.33. The summed E-state index contributed by atoms with van der Waals surface area (Å²) >= 11 is 6.14. The Balaban J connectivity index is 2.33. The summed E-state index contributed by atoms with van der Waals surface area (Å²) in [5.41, 5.74) is 0.326. The summed E-state index contributed by atoms with van der Waals surface area (Å²) in [6.07, 6.45) is 0. The third-order valence-electron chi connectivity index (χ3n) is 2.95. The number of halogens is 2. The number of nitrogens with zero attached hydrogens (tertiary/aromatic N) is 2. The van der Waals surface area contributed by atoms with Gasteiger partial charge in [0, 0.05) is 11.6 Å². The molecule has 0 fully saturated rings. The van der Waals surface area contributed by atoms with Crippen molar-refractivity contribution in [1.82, 2.24) is 9.78 Å². The summed E-state index contributed by atoms with van der Waals surface area (Å²) in [5.74, 6) is -0.817. The Morgan fingerprint density at radius 2 is 1.81 bits per heavy atom. The van der Waals surface area contributed by atoms with E-state index in [4.69, 9.17) is 11.6 Å². The predicted octanol–water partition coefficient (Wildman–Crippen LogP) is 3.13. The summed E-state index contributed by atoms with van der Waals surface area (Å²) in [6, 6.07) is 7.74. The van der Waals surface area contributed by atoms with Crippen molar-refractivity contribution in [3.8, 4) is 0 Å². The molecule has 6 heteroatoms. The van der Waals surface area contributed by atoms with E-state index in [1.165, 1.54) is 41.1 Å². The van der Waals surface area contributed by atoms with Crippen LogP contribution in [0.4, 0.5) is 4.39 Å². The maximum atomic E-state index is 12.9. The minimum Gasteiger partial charge on any atom is -0.292 e. The Morgan fingerprint density at radius 3 is 2.38 bits per heavy atom. The molecular weight excluding hydrogens is 295 g/mol. The molecule has 0 spiro atoms. The van der Waals surface area contributed by atoms with Gasteiger partial charge >= 0.3 is 0 Å². The highest BCUT2D eigenvalue weighted by Crippen LogP contribution is 2.23. The van der Waals surface area contributed by atoms with E-state index >= 15 is 0 Å². The van der Waals surface area contributed by atoms with Gasteiger partial charge in [0.15, 0.2) is 5.78 Å². The number of benzene rings is 1. The number of carbonyl (C=O) groups excluding carboxylic acids is 1. The fourth-order valence-electron chi connectivity index (χ4n) is 1.84. The minimum absolute atomic E-state index is 0.137. The fourth-order valence-corrected chi connectivity index (χ4v) is 2.08. The van der Waals surface area contributed by atoms with Crippen molar-refractivity contribution >= 4 is 17.4 Å². The molecule has 0 aliphatic carbocycles. The maximum Gasteiger partial charge on any atom is 0.266 e. The molecule has 2 rings (SSSR count). The number of ketones is 1. The third-order valence-corrected chi connectivity index (χ3v) is 3.38. The zero-order valence-electron chi connectivity index (χ0n) is 11.6. The zero-order chi connectivity index (χ0) is 15.6. The third kappa shape index (κ3) is 3.36. The van der Waals surface area contributed by atoms with Crippen LogP contribution in [-0.2, 0) is 0 Å². The van der Waals surface area contributed by atoms with Crippen molar-refractivity contribution in [2.45, 2.75) is 25.3 Å². The number of hydrogen-bond acceptors (Lipinski definition) is 3. The highest BCUT2D eigenvalue weighted by atomic mass is 35.5. The van der Waals surface area contributed by atoms with Crippen LogP contribution >= 0.6 is 11.6 Å². The Kier molecular flexibility index (Phi) is 4.53. The van der Waals surface area contributed by atoms with Gasteiger partial charge in [-0.3, -0.25) is 9.59 Å². The van der Waals surface area contributed by atoms with Crippen molar-refractivity contribution in [2.75, 3.05) is 0 Å². The minimum atomic E-state index is -1.03. The van der Waals surface area contributed by atoms with E-state index in [1.54, 1.807) is 0 Å². The van der Waals surface area contributed by atoms with Gasteiger partial charge in [0.2, 0.25) is 0 Å². The SMILES string of the molecule is CC(C)n1nc(C(Cl)C(=O)c2ccc(F)cc2)ccc1=O. The van der Waals surface area contributed by atoms with Gasteiger partial charge in [0.1, 0.15) is 11.2 Å². The van der Waals surface area contributed by atoms with Gasteiger partial charge in [0.05, 0.1) is 11.7 Å². The molecular formula is C15H14ClFN2O2. The first kappa shape index (κ1) is 15.4. The molecule has 1 heterocycles. The van der Waals surface area contributed by atoms with Crippen LogP contribution in [0.2, 0.25) is 0 Å². The van der Waals surface area contributed by atoms with Crippen LogP contribution in [-0.4, -0.2) is 15.6 Å². The first-order chi connectivity index (χ1) is 9.90. The van der Waals surface area contributed by atoms with Gasteiger partial charge in [-0.25, -0.2) is 9.07 Å². The van der Waals surface area contributed by atoms with Gasteiger partial charge in [-0.15, -0.1) is 11.6 Å². The molecule has 1 atom stereocenters. The van der Waals surface area contributed by atoms with E-state index in [9.17, 15) is 14.0 Å². The number of carbonyl (C=O) groups is 1. The van der Waals surface area contributed by atoms with Crippen molar-refractivity contribution < 1.29 is 9.18 Å². The van der Waals surface area contributed by atoms with Gasteiger partial charge in [-0.2, -0.15) is 5.10 Å². The van der Waals surface area contributed by atoms with Crippen molar-refractivity contribution in [3.63, 3.8) is 0 Å². The van der Waals surface area contributed by atoms with Gasteiger partial charge in [-0.1, -0.05) is 0 Å². The molecule has 21 heavy (non-hydrogen) atoms. The second-order valence-corrected chi connectivity index (χ2v) is 5.30. The van der Waals surface area contributed by atoms with Gasteiger partial charge < -0.3 is 0 Å². The molecule has 1 aromatic carbocycles. The van der Waals surface area contributed by atoms with Crippen molar-refractivity contribution in [1.29, 1.82) is 0 Å². The summed E-state index contributed by atoms with van der Waals surface area (Å²) < 4.78 is 14.1. The van der Waals surface area contributed by atoms with Gasteiger partial charge in [0.25, 0.3) is 5.56 Å². The Morgan fingerprint density at radius 1 is 1.19 bits per heavy atom. The average molecular weight is 309 g/mol. The smallest absolute Gasteiger partial charge is 0.266 e.